The largest absolute Gasteiger partial charge is 0.386 e. The first-order chi connectivity index (χ1) is 9.66. The molecule has 1 aliphatic rings. The van der Waals surface area contributed by atoms with Crippen molar-refractivity contribution in [1.82, 2.24) is 0 Å². The van der Waals surface area contributed by atoms with E-state index in [4.69, 9.17) is 16.3 Å². The molecule has 0 amide bonds. The highest BCUT2D eigenvalue weighted by atomic mass is 35.5. The molecule has 0 aromatic heterocycles. The second kappa shape index (κ2) is 3.81. The molecule has 3 nitrogen and oxygen atoms in total. The van der Waals surface area contributed by atoms with E-state index in [1.165, 1.54) is 0 Å². The number of carbonyl (C=O) groups is 2. The summed E-state index contributed by atoms with van der Waals surface area (Å²) in [5.74, 6) is -1.31. The molecule has 0 fully saturated rings. The summed E-state index contributed by atoms with van der Waals surface area (Å²) < 4.78 is 4.83. The Labute approximate surface area is 118 Å². The van der Waals surface area contributed by atoms with E-state index in [0.29, 0.717) is 16.0 Å². The maximum absolute atomic E-state index is 12.1. The molecular formula is C16H7ClO3. The van der Waals surface area contributed by atoms with Crippen LogP contribution in [-0.4, -0.2) is 11.9 Å². The first kappa shape index (κ1) is 11.4. The number of hydrogen-bond acceptors (Lipinski definition) is 3. The summed E-state index contributed by atoms with van der Waals surface area (Å²) in [6.07, 6.45) is 0. The predicted molar refractivity (Wildman–Crippen MR) is 76.2 cm³/mol. The van der Waals surface area contributed by atoms with Gasteiger partial charge in [0.05, 0.1) is 16.1 Å². The molecule has 0 N–H and O–H groups in total. The van der Waals surface area contributed by atoms with E-state index in [-0.39, 0.29) is 5.56 Å². The monoisotopic (exact) mass is 282 g/mol. The van der Waals surface area contributed by atoms with Gasteiger partial charge in [0.15, 0.2) is 0 Å². The van der Waals surface area contributed by atoms with Gasteiger partial charge in [-0.15, -0.1) is 0 Å². The Morgan fingerprint density at radius 3 is 2.45 bits per heavy atom. The Balaban J connectivity index is 2.36. The molecule has 0 spiro atoms. The van der Waals surface area contributed by atoms with Gasteiger partial charge in [0.25, 0.3) is 0 Å². The first-order valence-electron chi connectivity index (χ1n) is 6.07. The fourth-order valence-corrected chi connectivity index (χ4v) is 2.97. The molecule has 0 atom stereocenters. The maximum Gasteiger partial charge on any atom is 0.348 e. The van der Waals surface area contributed by atoms with Crippen molar-refractivity contribution in [3.63, 3.8) is 0 Å². The van der Waals surface area contributed by atoms with Gasteiger partial charge >= 0.3 is 11.9 Å². The third-order valence-corrected chi connectivity index (χ3v) is 3.89. The summed E-state index contributed by atoms with van der Waals surface area (Å²) in [4.78, 5) is 24.0. The predicted octanol–water partition coefficient (Wildman–Crippen LogP) is 3.96. The van der Waals surface area contributed by atoms with Crippen LogP contribution in [0.15, 0.2) is 42.5 Å². The summed E-state index contributed by atoms with van der Waals surface area (Å²) in [5.41, 5.74) is 0.680. The highest BCUT2D eigenvalue weighted by Crippen LogP contribution is 2.37. The molecule has 0 bridgehead atoms. The van der Waals surface area contributed by atoms with E-state index in [1.54, 1.807) is 6.07 Å². The first-order valence-corrected chi connectivity index (χ1v) is 6.45. The smallest absolute Gasteiger partial charge is 0.348 e. The Kier molecular flexibility index (Phi) is 2.18. The van der Waals surface area contributed by atoms with Gasteiger partial charge in [0.2, 0.25) is 0 Å². The Bertz CT molecular complexity index is 928. The second-order valence-corrected chi connectivity index (χ2v) is 5.08. The summed E-state index contributed by atoms with van der Waals surface area (Å²) >= 11 is 6.09. The molecule has 0 saturated carbocycles. The Morgan fingerprint density at radius 2 is 1.60 bits per heavy atom. The molecule has 0 radical (unpaired) electrons. The summed E-state index contributed by atoms with van der Waals surface area (Å²) in [5, 5.41) is 3.38. The van der Waals surface area contributed by atoms with Crippen LogP contribution in [0.5, 0.6) is 0 Å². The third kappa shape index (κ3) is 1.35. The summed E-state index contributed by atoms with van der Waals surface area (Å²) in [6.45, 7) is 0. The number of fused-ring (bicyclic) bond motifs is 2. The third-order valence-electron chi connectivity index (χ3n) is 3.57. The second-order valence-electron chi connectivity index (χ2n) is 4.67. The molecule has 4 heteroatoms. The highest BCUT2D eigenvalue weighted by molar-refractivity contribution is 6.38. The average molecular weight is 283 g/mol. The molecule has 96 valence electrons. The topological polar surface area (TPSA) is 43.4 Å². The van der Waals surface area contributed by atoms with E-state index < -0.39 is 11.9 Å². The van der Waals surface area contributed by atoms with Crippen molar-refractivity contribution in [2.24, 2.45) is 0 Å². The molecule has 4 rings (SSSR count). The number of rotatable bonds is 0. The number of ether oxygens (including phenoxy) is 1. The van der Waals surface area contributed by atoms with Gasteiger partial charge in [-0.25, -0.2) is 9.59 Å². The molecule has 3 aromatic rings. The number of esters is 2. The molecular weight excluding hydrogens is 276 g/mol. The van der Waals surface area contributed by atoms with Crippen LogP contribution in [0.1, 0.15) is 20.7 Å². The van der Waals surface area contributed by atoms with Crippen LogP contribution in [0, 0.1) is 0 Å². The quantitative estimate of drug-likeness (QED) is 0.356. The Morgan fingerprint density at radius 1 is 0.850 bits per heavy atom. The van der Waals surface area contributed by atoms with E-state index in [2.05, 4.69) is 0 Å². The van der Waals surface area contributed by atoms with E-state index in [9.17, 15) is 9.59 Å². The van der Waals surface area contributed by atoms with Gasteiger partial charge in [-0.3, -0.25) is 0 Å². The van der Waals surface area contributed by atoms with Crippen molar-refractivity contribution in [3.05, 3.63) is 58.6 Å². The minimum absolute atomic E-state index is 0.268. The SMILES string of the molecule is O=C1OC(=O)c2c3ccccc3cc3ccc(Cl)c1c23. The average Bonchev–Trinajstić information content (AvgIpc) is 2.44. The summed E-state index contributed by atoms with van der Waals surface area (Å²) in [7, 11) is 0. The standard InChI is InChI=1S/C16H7ClO3/c17-11-6-5-9-7-8-3-1-2-4-10(8)13-12(9)14(11)16(19)20-15(13)18/h1-7H. The van der Waals surface area contributed by atoms with Crippen LogP contribution >= 0.6 is 11.6 Å². The fraction of sp³-hybridized carbons (Fsp3) is 0. The van der Waals surface area contributed by atoms with Gasteiger partial charge in [-0.1, -0.05) is 41.9 Å². The Hall–Kier alpha value is -2.39. The molecule has 0 aliphatic carbocycles. The van der Waals surface area contributed by atoms with Gasteiger partial charge in [0.1, 0.15) is 0 Å². The molecule has 0 unspecified atom stereocenters. The number of benzene rings is 3. The van der Waals surface area contributed by atoms with Gasteiger partial charge in [-0.05, 0) is 28.3 Å². The van der Waals surface area contributed by atoms with Gasteiger partial charge in [-0.2, -0.15) is 0 Å². The molecule has 1 heterocycles. The van der Waals surface area contributed by atoms with Crippen LogP contribution in [0.3, 0.4) is 0 Å². The minimum Gasteiger partial charge on any atom is -0.386 e. The lowest BCUT2D eigenvalue weighted by Crippen LogP contribution is -2.20. The summed E-state index contributed by atoms with van der Waals surface area (Å²) in [6, 6.07) is 12.9. The lowest BCUT2D eigenvalue weighted by molar-refractivity contribution is 0.0393. The van der Waals surface area contributed by atoms with Crippen LogP contribution in [0.25, 0.3) is 21.5 Å². The van der Waals surface area contributed by atoms with Gasteiger partial charge in [0, 0.05) is 5.39 Å². The van der Waals surface area contributed by atoms with E-state index in [1.807, 2.05) is 36.4 Å². The van der Waals surface area contributed by atoms with Gasteiger partial charge < -0.3 is 4.74 Å². The van der Waals surface area contributed by atoms with Crippen molar-refractivity contribution in [1.29, 1.82) is 0 Å². The zero-order valence-corrected chi connectivity index (χ0v) is 10.9. The molecule has 1 aliphatic heterocycles. The zero-order valence-electron chi connectivity index (χ0n) is 10.1. The van der Waals surface area contributed by atoms with Crippen LogP contribution in [0.4, 0.5) is 0 Å². The lowest BCUT2D eigenvalue weighted by atomic mass is 9.92. The van der Waals surface area contributed by atoms with E-state index in [0.717, 1.165) is 16.2 Å². The fourth-order valence-electron chi connectivity index (χ4n) is 2.73. The van der Waals surface area contributed by atoms with E-state index >= 15 is 0 Å². The van der Waals surface area contributed by atoms with Crippen molar-refractivity contribution < 1.29 is 14.3 Å². The van der Waals surface area contributed by atoms with Crippen LogP contribution in [0.2, 0.25) is 5.02 Å². The number of carbonyl (C=O) groups excluding carboxylic acids is 2. The molecule has 3 aromatic carbocycles. The zero-order chi connectivity index (χ0) is 13.9. The number of hydrogen-bond donors (Lipinski definition) is 0. The highest BCUT2D eigenvalue weighted by Gasteiger charge is 2.30. The molecule has 20 heavy (non-hydrogen) atoms. The van der Waals surface area contributed by atoms with Crippen LogP contribution in [-0.2, 0) is 4.74 Å². The normalized spacial score (nSPS) is 13.8. The molecule has 0 saturated heterocycles. The van der Waals surface area contributed by atoms with Crippen molar-refractivity contribution in [2.75, 3.05) is 0 Å². The maximum atomic E-state index is 12.1. The minimum atomic E-state index is -0.687. The van der Waals surface area contributed by atoms with Crippen molar-refractivity contribution >= 4 is 45.1 Å². The lowest BCUT2D eigenvalue weighted by Gasteiger charge is -2.18. The van der Waals surface area contributed by atoms with Crippen molar-refractivity contribution in [2.45, 2.75) is 0 Å². The van der Waals surface area contributed by atoms with Crippen molar-refractivity contribution in [3.8, 4) is 0 Å². The van der Waals surface area contributed by atoms with Crippen LogP contribution < -0.4 is 0 Å². The number of cyclic esters (lactones) is 2. The number of halogens is 1.